The maximum atomic E-state index is 12.9. The maximum Gasteiger partial charge on any atom is 0.230 e. The highest BCUT2D eigenvalue weighted by Gasteiger charge is 2.20. The second-order valence-electron chi connectivity index (χ2n) is 6.07. The number of aryl methyl sites for hydroxylation is 1. The van der Waals surface area contributed by atoms with Gasteiger partial charge in [0.1, 0.15) is 17.7 Å². The Kier molecular flexibility index (Phi) is 6.53. The SMILES string of the molecule is Cn1ccnc1C(NC(=O)CSCc1ccc(F)cc1)c1ccc(Cl)cc1. The van der Waals surface area contributed by atoms with E-state index in [-0.39, 0.29) is 17.8 Å². The second-order valence-corrected chi connectivity index (χ2v) is 7.49. The Balaban J connectivity index is 1.64. The van der Waals surface area contributed by atoms with Gasteiger partial charge in [-0.2, -0.15) is 0 Å². The molecule has 0 saturated heterocycles. The fourth-order valence-electron chi connectivity index (χ4n) is 2.65. The number of nitrogens with zero attached hydrogens (tertiary/aromatic N) is 2. The molecule has 7 heteroatoms. The first kappa shape index (κ1) is 19.5. The second kappa shape index (κ2) is 9.06. The molecule has 2 aromatic carbocycles. The number of carbonyl (C=O) groups excluding carboxylic acids is 1. The minimum atomic E-state index is -0.360. The van der Waals surface area contributed by atoms with Crippen molar-refractivity contribution in [1.29, 1.82) is 0 Å². The molecule has 3 aromatic rings. The Hall–Kier alpha value is -2.31. The standard InChI is InChI=1S/C20H19ClFN3OS/c1-25-11-10-23-20(25)19(15-4-6-16(21)7-5-15)24-18(26)13-27-12-14-2-8-17(22)9-3-14/h2-11,19H,12-13H2,1H3,(H,24,26). The number of amides is 1. The lowest BCUT2D eigenvalue weighted by molar-refractivity contribution is -0.119. The van der Waals surface area contributed by atoms with Crippen molar-refractivity contribution in [3.05, 3.63) is 88.7 Å². The molecule has 0 fully saturated rings. The van der Waals surface area contributed by atoms with E-state index in [1.165, 1.54) is 23.9 Å². The van der Waals surface area contributed by atoms with Crippen LogP contribution < -0.4 is 5.32 Å². The van der Waals surface area contributed by atoms with Gasteiger partial charge in [-0.05, 0) is 35.4 Å². The third-order valence-electron chi connectivity index (χ3n) is 4.04. The quantitative estimate of drug-likeness (QED) is 0.637. The van der Waals surface area contributed by atoms with Crippen molar-refractivity contribution in [2.24, 2.45) is 7.05 Å². The summed E-state index contributed by atoms with van der Waals surface area (Å²) in [6.07, 6.45) is 3.54. The maximum absolute atomic E-state index is 12.9. The molecular weight excluding hydrogens is 385 g/mol. The van der Waals surface area contributed by atoms with E-state index in [4.69, 9.17) is 11.6 Å². The monoisotopic (exact) mass is 403 g/mol. The Bertz CT molecular complexity index is 896. The van der Waals surface area contributed by atoms with E-state index in [9.17, 15) is 9.18 Å². The van der Waals surface area contributed by atoms with Gasteiger partial charge in [-0.25, -0.2) is 9.37 Å². The van der Waals surface area contributed by atoms with Gasteiger partial charge in [-0.15, -0.1) is 11.8 Å². The number of hydrogen-bond donors (Lipinski definition) is 1. The fraction of sp³-hybridized carbons (Fsp3) is 0.200. The van der Waals surface area contributed by atoms with Crippen molar-refractivity contribution >= 4 is 29.3 Å². The lowest BCUT2D eigenvalue weighted by Crippen LogP contribution is -2.32. The van der Waals surface area contributed by atoms with Crippen LogP contribution in [-0.2, 0) is 17.6 Å². The van der Waals surface area contributed by atoms with E-state index < -0.39 is 0 Å². The van der Waals surface area contributed by atoms with Crippen molar-refractivity contribution in [2.45, 2.75) is 11.8 Å². The number of nitrogens with one attached hydrogen (secondary N) is 1. The largest absolute Gasteiger partial charge is 0.341 e. The molecule has 0 saturated carbocycles. The number of imidazole rings is 1. The summed E-state index contributed by atoms with van der Waals surface area (Å²) in [5.74, 6) is 1.33. The number of benzene rings is 2. The van der Waals surface area contributed by atoms with Crippen molar-refractivity contribution in [3.8, 4) is 0 Å². The molecule has 0 aliphatic heterocycles. The number of rotatable bonds is 7. The van der Waals surface area contributed by atoms with Crippen LogP contribution in [0.1, 0.15) is 23.0 Å². The van der Waals surface area contributed by atoms with Crippen LogP contribution >= 0.6 is 23.4 Å². The predicted molar refractivity (Wildman–Crippen MR) is 107 cm³/mol. The molecule has 1 heterocycles. The highest BCUT2D eigenvalue weighted by Crippen LogP contribution is 2.23. The summed E-state index contributed by atoms with van der Waals surface area (Å²) in [7, 11) is 1.89. The summed E-state index contributed by atoms with van der Waals surface area (Å²) < 4.78 is 14.8. The molecule has 1 amide bonds. The number of hydrogen-bond acceptors (Lipinski definition) is 3. The van der Waals surface area contributed by atoms with Gasteiger partial charge in [-0.3, -0.25) is 4.79 Å². The van der Waals surface area contributed by atoms with Crippen molar-refractivity contribution in [3.63, 3.8) is 0 Å². The molecule has 27 heavy (non-hydrogen) atoms. The third-order valence-corrected chi connectivity index (χ3v) is 5.30. The zero-order valence-corrected chi connectivity index (χ0v) is 16.3. The lowest BCUT2D eigenvalue weighted by Gasteiger charge is -2.19. The minimum absolute atomic E-state index is 0.0925. The molecule has 1 atom stereocenters. The summed E-state index contributed by atoms with van der Waals surface area (Å²) in [4.78, 5) is 16.9. The van der Waals surface area contributed by atoms with Gasteiger partial charge in [0.15, 0.2) is 0 Å². The van der Waals surface area contributed by atoms with E-state index in [2.05, 4.69) is 10.3 Å². The fourth-order valence-corrected chi connectivity index (χ4v) is 3.58. The number of carbonyl (C=O) groups is 1. The van der Waals surface area contributed by atoms with Crippen LogP contribution in [0.15, 0.2) is 60.9 Å². The van der Waals surface area contributed by atoms with E-state index in [1.807, 2.05) is 29.9 Å². The smallest absolute Gasteiger partial charge is 0.230 e. The average Bonchev–Trinajstić information content (AvgIpc) is 3.08. The van der Waals surface area contributed by atoms with Gasteiger partial charge >= 0.3 is 0 Å². The minimum Gasteiger partial charge on any atom is -0.341 e. The normalized spacial score (nSPS) is 12.0. The van der Waals surface area contributed by atoms with Gasteiger partial charge in [0.25, 0.3) is 0 Å². The van der Waals surface area contributed by atoms with Gasteiger partial charge in [0, 0.05) is 30.2 Å². The Morgan fingerprint density at radius 2 is 1.93 bits per heavy atom. The summed E-state index contributed by atoms with van der Waals surface area (Å²) in [6, 6.07) is 13.3. The predicted octanol–water partition coefficient (Wildman–Crippen LogP) is 4.35. The van der Waals surface area contributed by atoms with Crippen molar-refractivity contribution in [2.75, 3.05) is 5.75 Å². The first-order chi connectivity index (χ1) is 13.0. The molecule has 3 rings (SSSR count). The first-order valence-electron chi connectivity index (χ1n) is 8.37. The highest BCUT2D eigenvalue weighted by molar-refractivity contribution is 7.99. The van der Waals surface area contributed by atoms with Crippen LogP contribution in [0.3, 0.4) is 0 Å². The van der Waals surface area contributed by atoms with Crippen molar-refractivity contribution < 1.29 is 9.18 Å². The van der Waals surface area contributed by atoms with Gasteiger partial charge in [0.2, 0.25) is 5.91 Å². The van der Waals surface area contributed by atoms with Crippen LogP contribution in [0.5, 0.6) is 0 Å². The van der Waals surface area contributed by atoms with E-state index in [1.54, 1.807) is 30.5 Å². The van der Waals surface area contributed by atoms with E-state index in [0.29, 0.717) is 16.5 Å². The Morgan fingerprint density at radius 3 is 2.56 bits per heavy atom. The van der Waals surface area contributed by atoms with Crippen molar-refractivity contribution in [1.82, 2.24) is 14.9 Å². The van der Waals surface area contributed by atoms with Gasteiger partial charge in [0.05, 0.1) is 5.75 Å². The molecule has 4 nitrogen and oxygen atoms in total. The summed E-state index contributed by atoms with van der Waals surface area (Å²) in [5, 5.41) is 3.68. The molecule has 140 valence electrons. The van der Waals surface area contributed by atoms with Crippen LogP contribution in [0.25, 0.3) is 0 Å². The number of halogens is 2. The van der Waals surface area contributed by atoms with E-state index in [0.717, 1.165) is 17.0 Å². The molecule has 0 aliphatic rings. The molecule has 0 radical (unpaired) electrons. The molecule has 1 N–H and O–H groups in total. The van der Waals surface area contributed by atoms with Gasteiger partial charge in [-0.1, -0.05) is 35.9 Å². The van der Waals surface area contributed by atoms with Crippen LogP contribution in [-0.4, -0.2) is 21.2 Å². The van der Waals surface area contributed by atoms with Gasteiger partial charge < -0.3 is 9.88 Å². The first-order valence-corrected chi connectivity index (χ1v) is 9.90. The zero-order valence-electron chi connectivity index (χ0n) is 14.7. The molecular formula is C20H19ClFN3OS. The zero-order chi connectivity index (χ0) is 19.2. The van der Waals surface area contributed by atoms with Crippen LogP contribution in [0, 0.1) is 5.82 Å². The Morgan fingerprint density at radius 1 is 1.22 bits per heavy atom. The lowest BCUT2D eigenvalue weighted by atomic mass is 10.1. The highest BCUT2D eigenvalue weighted by atomic mass is 35.5. The van der Waals surface area contributed by atoms with Crippen LogP contribution in [0.4, 0.5) is 4.39 Å². The summed E-state index contributed by atoms with van der Waals surface area (Å²) in [5.41, 5.74) is 1.89. The Labute approximate surface area is 166 Å². The van der Waals surface area contributed by atoms with Crippen LogP contribution in [0.2, 0.25) is 5.02 Å². The molecule has 0 spiro atoms. The third kappa shape index (κ3) is 5.34. The molecule has 0 aliphatic carbocycles. The topological polar surface area (TPSA) is 46.9 Å². The summed E-state index contributed by atoms with van der Waals surface area (Å²) >= 11 is 7.46. The molecule has 1 unspecified atom stereocenters. The number of aromatic nitrogens is 2. The number of thioether (sulfide) groups is 1. The average molecular weight is 404 g/mol. The molecule has 1 aromatic heterocycles. The molecule has 0 bridgehead atoms. The van der Waals surface area contributed by atoms with E-state index >= 15 is 0 Å². The summed E-state index contributed by atoms with van der Waals surface area (Å²) in [6.45, 7) is 0.